The zero-order chi connectivity index (χ0) is 27.2. The van der Waals surface area contributed by atoms with Crippen molar-refractivity contribution in [2.24, 2.45) is 7.05 Å². The van der Waals surface area contributed by atoms with Crippen LogP contribution in [0.2, 0.25) is 5.02 Å². The third-order valence-electron chi connectivity index (χ3n) is 7.00. The van der Waals surface area contributed by atoms with Crippen molar-refractivity contribution in [1.29, 1.82) is 0 Å². The number of rotatable bonds is 8. The predicted molar refractivity (Wildman–Crippen MR) is 146 cm³/mol. The Morgan fingerprint density at radius 1 is 1.13 bits per heavy atom. The molecule has 1 saturated carbocycles. The van der Waals surface area contributed by atoms with Crippen LogP contribution in [0.3, 0.4) is 0 Å². The zero-order valence-electron chi connectivity index (χ0n) is 22.4. The lowest BCUT2D eigenvalue weighted by atomic mass is 9.83. The molecule has 0 bridgehead atoms. The number of anilines is 4. The molecule has 2 aromatic heterocycles. The van der Waals surface area contributed by atoms with E-state index < -0.39 is 11.8 Å². The Balaban J connectivity index is 1.45. The van der Waals surface area contributed by atoms with Gasteiger partial charge in [-0.2, -0.15) is 10.1 Å². The molecule has 1 aromatic carbocycles. The summed E-state index contributed by atoms with van der Waals surface area (Å²) in [4.78, 5) is 10.6. The first-order valence-corrected chi connectivity index (χ1v) is 13.4. The highest BCUT2D eigenvalue weighted by atomic mass is 35.5. The van der Waals surface area contributed by atoms with Gasteiger partial charge in [0.05, 0.1) is 41.8 Å². The van der Waals surface area contributed by atoms with Gasteiger partial charge >= 0.3 is 0 Å². The van der Waals surface area contributed by atoms with Gasteiger partial charge in [-0.25, -0.2) is 13.8 Å². The van der Waals surface area contributed by atoms with Gasteiger partial charge in [0.2, 0.25) is 5.95 Å². The van der Waals surface area contributed by atoms with Crippen molar-refractivity contribution in [1.82, 2.24) is 24.6 Å². The Hall–Kier alpha value is -2.98. The van der Waals surface area contributed by atoms with Gasteiger partial charge < -0.3 is 20.3 Å². The van der Waals surface area contributed by atoms with Crippen LogP contribution >= 0.6 is 11.6 Å². The molecule has 11 heteroatoms. The molecule has 0 amide bonds. The third kappa shape index (κ3) is 5.71. The maximum absolute atomic E-state index is 15.0. The maximum Gasteiger partial charge on any atom is 0.267 e. The molecule has 1 unspecified atom stereocenters. The summed E-state index contributed by atoms with van der Waals surface area (Å²) in [6.07, 6.45) is 5.77. The summed E-state index contributed by atoms with van der Waals surface area (Å²) in [5.74, 6) is -2.19. The van der Waals surface area contributed by atoms with E-state index >= 15 is 8.78 Å². The van der Waals surface area contributed by atoms with E-state index in [0.29, 0.717) is 46.8 Å². The largest absolute Gasteiger partial charge is 0.488 e. The van der Waals surface area contributed by atoms with E-state index in [-0.39, 0.29) is 18.6 Å². The Labute approximate surface area is 226 Å². The molecule has 1 saturated heterocycles. The first-order chi connectivity index (χ1) is 18.0. The molecule has 3 aromatic rings. The fourth-order valence-corrected chi connectivity index (χ4v) is 5.06. The highest BCUT2D eigenvalue weighted by molar-refractivity contribution is 6.32. The SMILES string of the molecule is Cc1cc(Nc2ncc(Cl)c(Nc3cn(C)nc3C(C)C)n2)c(OC2CC2)cc1C1CCN(C)CC1(F)F. The van der Waals surface area contributed by atoms with Crippen molar-refractivity contribution in [3.05, 3.63) is 46.4 Å². The minimum atomic E-state index is -2.81. The number of hydrogen-bond acceptors (Lipinski definition) is 7. The van der Waals surface area contributed by atoms with Crippen LogP contribution < -0.4 is 15.4 Å². The minimum Gasteiger partial charge on any atom is -0.488 e. The maximum atomic E-state index is 15.0. The molecule has 1 aliphatic heterocycles. The monoisotopic (exact) mass is 545 g/mol. The first-order valence-electron chi connectivity index (χ1n) is 13.0. The molecule has 1 atom stereocenters. The molecular weight excluding hydrogens is 512 g/mol. The van der Waals surface area contributed by atoms with Gasteiger partial charge in [0.15, 0.2) is 5.82 Å². The summed E-state index contributed by atoms with van der Waals surface area (Å²) in [7, 11) is 3.60. The Morgan fingerprint density at radius 3 is 2.58 bits per heavy atom. The Bertz CT molecular complexity index is 1320. The molecule has 204 valence electrons. The van der Waals surface area contributed by atoms with E-state index in [0.717, 1.165) is 29.8 Å². The van der Waals surface area contributed by atoms with Crippen molar-refractivity contribution in [3.63, 3.8) is 0 Å². The molecule has 0 spiro atoms. The summed E-state index contributed by atoms with van der Waals surface area (Å²) >= 11 is 6.42. The number of nitrogens with zero attached hydrogens (tertiary/aromatic N) is 5. The van der Waals surface area contributed by atoms with E-state index in [9.17, 15) is 0 Å². The number of hydrogen-bond donors (Lipinski definition) is 2. The second kappa shape index (κ2) is 10.3. The van der Waals surface area contributed by atoms with Crippen molar-refractivity contribution < 1.29 is 13.5 Å². The van der Waals surface area contributed by atoms with Crippen LogP contribution in [-0.4, -0.2) is 56.8 Å². The molecular formula is C27H34ClF2N7O. The molecule has 1 aliphatic carbocycles. The zero-order valence-corrected chi connectivity index (χ0v) is 23.1. The molecule has 3 heterocycles. The predicted octanol–water partition coefficient (Wildman–Crippen LogP) is 6.38. The van der Waals surface area contributed by atoms with Crippen molar-refractivity contribution in [3.8, 4) is 5.75 Å². The van der Waals surface area contributed by atoms with Crippen LogP contribution in [0, 0.1) is 6.92 Å². The third-order valence-corrected chi connectivity index (χ3v) is 7.28. The molecule has 2 aliphatic rings. The van der Waals surface area contributed by atoms with E-state index in [1.165, 1.54) is 6.20 Å². The van der Waals surface area contributed by atoms with E-state index in [1.807, 2.05) is 26.2 Å². The van der Waals surface area contributed by atoms with Gasteiger partial charge in [0.25, 0.3) is 5.92 Å². The topological polar surface area (TPSA) is 80.1 Å². The Morgan fingerprint density at radius 2 is 1.89 bits per heavy atom. The minimum absolute atomic E-state index is 0.0903. The quantitative estimate of drug-likeness (QED) is 0.340. The van der Waals surface area contributed by atoms with Gasteiger partial charge in [-0.05, 0) is 69.0 Å². The summed E-state index contributed by atoms with van der Waals surface area (Å²) < 4.78 is 38.0. The van der Waals surface area contributed by atoms with Crippen LogP contribution in [0.1, 0.15) is 61.8 Å². The lowest BCUT2D eigenvalue weighted by Crippen LogP contribution is -2.45. The molecule has 2 fully saturated rings. The highest BCUT2D eigenvalue weighted by Gasteiger charge is 2.45. The number of aromatic nitrogens is 4. The highest BCUT2D eigenvalue weighted by Crippen LogP contribution is 2.45. The molecule has 5 rings (SSSR count). The molecule has 38 heavy (non-hydrogen) atoms. The second-order valence-corrected chi connectivity index (χ2v) is 11.2. The Kier molecular flexibility index (Phi) is 7.21. The van der Waals surface area contributed by atoms with Crippen molar-refractivity contribution >= 4 is 34.7 Å². The van der Waals surface area contributed by atoms with Crippen LogP contribution in [0.15, 0.2) is 24.5 Å². The lowest BCUT2D eigenvalue weighted by Gasteiger charge is -2.37. The fourth-order valence-electron chi connectivity index (χ4n) is 4.92. The van der Waals surface area contributed by atoms with Gasteiger partial charge in [0.1, 0.15) is 10.8 Å². The number of ether oxygens (including phenoxy) is 1. The number of halogens is 3. The number of alkyl halides is 2. The van der Waals surface area contributed by atoms with Gasteiger partial charge in [-0.1, -0.05) is 25.4 Å². The lowest BCUT2D eigenvalue weighted by molar-refractivity contribution is -0.0767. The average Bonchev–Trinajstić information content (AvgIpc) is 3.57. The summed E-state index contributed by atoms with van der Waals surface area (Å²) in [5, 5.41) is 11.4. The fraction of sp³-hybridized carbons (Fsp3) is 0.519. The van der Waals surface area contributed by atoms with Crippen LogP contribution in [0.25, 0.3) is 0 Å². The number of benzene rings is 1. The summed E-state index contributed by atoms with van der Waals surface area (Å²) in [5.41, 5.74) is 3.74. The van der Waals surface area contributed by atoms with Crippen molar-refractivity contribution in [2.45, 2.75) is 63.9 Å². The van der Waals surface area contributed by atoms with Gasteiger partial charge in [-0.15, -0.1) is 0 Å². The van der Waals surface area contributed by atoms with Crippen molar-refractivity contribution in [2.75, 3.05) is 30.8 Å². The van der Waals surface area contributed by atoms with Crippen LogP contribution in [0.5, 0.6) is 5.75 Å². The van der Waals surface area contributed by atoms with Crippen LogP contribution in [0.4, 0.5) is 31.9 Å². The van der Waals surface area contributed by atoms with E-state index in [1.54, 1.807) is 22.7 Å². The molecule has 0 radical (unpaired) electrons. The van der Waals surface area contributed by atoms with Gasteiger partial charge in [0, 0.05) is 13.2 Å². The van der Waals surface area contributed by atoms with Gasteiger partial charge in [-0.3, -0.25) is 4.68 Å². The number of nitrogens with one attached hydrogen (secondary N) is 2. The smallest absolute Gasteiger partial charge is 0.267 e. The molecule has 2 N–H and O–H groups in total. The molecule has 8 nitrogen and oxygen atoms in total. The first kappa shape index (κ1) is 26.6. The number of piperidine rings is 1. The van der Waals surface area contributed by atoms with E-state index in [2.05, 4.69) is 39.5 Å². The normalized spacial score (nSPS) is 19.6. The second-order valence-electron chi connectivity index (χ2n) is 10.8. The van der Waals surface area contributed by atoms with Crippen LogP contribution in [-0.2, 0) is 7.05 Å². The summed E-state index contributed by atoms with van der Waals surface area (Å²) in [6.45, 7) is 6.37. The number of aryl methyl sites for hydroxylation is 2. The summed E-state index contributed by atoms with van der Waals surface area (Å²) in [6, 6.07) is 3.63. The average molecular weight is 546 g/mol. The van der Waals surface area contributed by atoms with E-state index in [4.69, 9.17) is 16.3 Å². The standard InChI is InChI=1S/C27H34ClF2N7O/c1-15(2)24-22(13-37(5)35-24)32-25-20(28)12-31-26(34-25)33-21-10-16(3)18(11-23(21)38-17-6-7-17)19-8-9-36(4)14-27(19,29)30/h10-13,15,17,19H,6-9,14H2,1-5H3,(H2,31,32,33,34). The number of likely N-dealkylation sites (tertiary alicyclic amines) is 1.